The van der Waals surface area contributed by atoms with E-state index in [4.69, 9.17) is 17.0 Å². The van der Waals surface area contributed by atoms with Gasteiger partial charge in [0.15, 0.2) is 5.11 Å². The van der Waals surface area contributed by atoms with Crippen LogP contribution >= 0.6 is 12.2 Å². The van der Waals surface area contributed by atoms with Crippen molar-refractivity contribution in [2.24, 2.45) is 0 Å². The average molecular weight is 551 g/mol. The third kappa shape index (κ3) is 7.34. The molecule has 0 radical (unpaired) electrons. The molecule has 0 saturated heterocycles. The summed E-state index contributed by atoms with van der Waals surface area (Å²) >= 11 is 5.36. The Morgan fingerprint density at radius 2 is 1.45 bits per heavy atom. The fourth-order valence-electron chi connectivity index (χ4n) is 3.67. The van der Waals surface area contributed by atoms with Crippen LogP contribution < -0.4 is 15.4 Å². The molecule has 0 atom stereocenters. The van der Waals surface area contributed by atoms with E-state index in [0.29, 0.717) is 28.7 Å². The summed E-state index contributed by atoms with van der Waals surface area (Å²) < 4.78 is 47.4. The Morgan fingerprint density at radius 3 is 2.03 bits per heavy atom. The Bertz CT molecular complexity index is 1450. The first-order valence-electron chi connectivity index (χ1n) is 11.7. The summed E-state index contributed by atoms with van der Waals surface area (Å²) in [6.45, 7) is 0.745. The molecule has 0 saturated carbocycles. The van der Waals surface area contributed by atoms with Crippen LogP contribution in [0, 0.1) is 5.82 Å². The Morgan fingerprint density at radius 1 is 0.868 bits per heavy atom. The summed E-state index contributed by atoms with van der Waals surface area (Å²) in [7, 11) is -2.32. The van der Waals surface area contributed by atoms with Gasteiger partial charge in [0.1, 0.15) is 11.6 Å². The zero-order chi connectivity index (χ0) is 27.0. The second-order valence-electron chi connectivity index (χ2n) is 8.44. The van der Waals surface area contributed by atoms with Gasteiger partial charge in [-0.1, -0.05) is 24.3 Å². The second-order valence-corrected chi connectivity index (χ2v) is 10.8. The smallest absolute Gasteiger partial charge is 0.243 e. The average Bonchev–Trinajstić information content (AvgIpc) is 2.94. The third-order valence-corrected chi connectivity index (χ3v) is 7.79. The maximum absolute atomic E-state index is 13.7. The lowest BCUT2D eigenvalue weighted by atomic mass is 10.2. The maximum atomic E-state index is 13.7. The summed E-state index contributed by atoms with van der Waals surface area (Å²) in [6, 6.07) is 23.2. The number of hydrogen-bond donors (Lipinski definition) is 2. The van der Waals surface area contributed by atoms with Crippen LogP contribution in [-0.2, 0) is 29.7 Å². The van der Waals surface area contributed by atoms with Gasteiger partial charge >= 0.3 is 0 Å². The minimum Gasteiger partial charge on any atom is -0.497 e. The molecule has 0 aliphatic heterocycles. The fraction of sp³-hybridized carbons (Fsp3) is 0.143. The Kier molecular flexibility index (Phi) is 9.01. The van der Waals surface area contributed by atoms with Crippen molar-refractivity contribution in [3.8, 4) is 5.75 Å². The zero-order valence-corrected chi connectivity index (χ0v) is 22.3. The SMILES string of the molecule is COc1ccc(CN(Cc2ccc(F)cc2)S(=O)(=O)c2ccc(NC(=S)NCc3ccncc3)cc2)cc1. The quantitative estimate of drug-likeness (QED) is 0.266. The van der Waals surface area contributed by atoms with E-state index in [2.05, 4.69) is 15.6 Å². The first-order valence-corrected chi connectivity index (χ1v) is 13.6. The molecule has 196 valence electrons. The molecule has 7 nitrogen and oxygen atoms in total. The van der Waals surface area contributed by atoms with E-state index < -0.39 is 10.0 Å². The van der Waals surface area contributed by atoms with Crippen molar-refractivity contribution in [3.05, 3.63) is 120 Å². The third-order valence-electron chi connectivity index (χ3n) is 5.74. The van der Waals surface area contributed by atoms with Gasteiger partial charge in [0.25, 0.3) is 0 Å². The van der Waals surface area contributed by atoms with Crippen molar-refractivity contribution in [3.63, 3.8) is 0 Å². The first-order chi connectivity index (χ1) is 18.3. The number of thiocarbonyl (C=S) groups is 1. The van der Waals surface area contributed by atoms with Gasteiger partial charge in [0.05, 0.1) is 12.0 Å². The summed E-state index contributed by atoms with van der Waals surface area (Å²) in [6.07, 6.45) is 3.42. The molecule has 1 heterocycles. The highest BCUT2D eigenvalue weighted by Gasteiger charge is 2.25. The van der Waals surface area contributed by atoms with Gasteiger partial charge in [-0.05, 0) is 89.6 Å². The molecule has 0 amide bonds. The number of ether oxygens (including phenoxy) is 1. The van der Waals surface area contributed by atoms with E-state index in [-0.39, 0.29) is 23.8 Å². The molecule has 1 aromatic heterocycles. The van der Waals surface area contributed by atoms with E-state index in [1.807, 2.05) is 24.3 Å². The van der Waals surface area contributed by atoms with Crippen molar-refractivity contribution >= 4 is 33.0 Å². The van der Waals surface area contributed by atoms with Crippen LogP contribution in [-0.4, -0.2) is 29.9 Å². The number of pyridine rings is 1. The van der Waals surface area contributed by atoms with Gasteiger partial charge in [0.2, 0.25) is 10.0 Å². The van der Waals surface area contributed by atoms with Gasteiger partial charge in [-0.25, -0.2) is 12.8 Å². The fourth-order valence-corrected chi connectivity index (χ4v) is 5.28. The zero-order valence-electron chi connectivity index (χ0n) is 20.7. The standard InChI is InChI=1S/C28H27FN4O3S2/c1-36-26-10-4-23(5-11-26)20-33(19-22-2-6-24(29)7-3-22)38(34,35)27-12-8-25(9-13-27)32-28(37)31-18-21-14-16-30-17-15-21/h2-17H,18-20H2,1H3,(H2,31,32,37). The molecular weight excluding hydrogens is 523 g/mol. The summed E-state index contributed by atoms with van der Waals surface area (Å²) in [5, 5.41) is 6.58. The summed E-state index contributed by atoms with van der Waals surface area (Å²) in [4.78, 5) is 4.12. The Hall–Kier alpha value is -3.86. The summed E-state index contributed by atoms with van der Waals surface area (Å²) in [5.41, 5.74) is 3.15. The van der Waals surface area contributed by atoms with Crippen molar-refractivity contribution in [2.45, 2.75) is 24.5 Å². The molecule has 0 aliphatic carbocycles. The molecule has 38 heavy (non-hydrogen) atoms. The number of rotatable bonds is 10. The molecule has 0 spiro atoms. The van der Waals surface area contributed by atoms with Crippen molar-refractivity contribution in [2.75, 3.05) is 12.4 Å². The number of methoxy groups -OCH3 is 1. The molecule has 3 aromatic carbocycles. The van der Waals surface area contributed by atoms with Crippen LogP contribution in [0.2, 0.25) is 0 Å². The van der Waals surface area contributed by atoms with Crippen LogP contribution in [0.3, 0.4) is 0 Å². The Labute approximate surface area is 227 Å². The molecular formula is C28H27FN4O3S2. The molecule has 2 N–H and O–H groups in total. The topological polar surface area (TPSA) is 83.6 Å². The lowest BCUT2D eigenvalue weighted by Crippen LogP contribution is -2.30. The van der Waals surface area contributed by atoms with E-state index in [9.17, 15) is 12.8 Å². The normalized spacial score (nSPS) is 11.2. The van der Waals surface area contributed by atoms with Crippen LogP contribution in [0.4, 0.5) is 10.1 Å². The first kappa shape index (κ1) is 27.2. The minimum absolute atomic E-state index is 0.0810. The van der Waals surface area contributed by atoms with Gasteiger partial charge in [-0.3, -0.25) is 4.98 Å². The number of halogens is 1. The number of aromatic nitrogens is 1. The van der Waals surface area contributed by atoms with Crippen LogP contribution in [0.25, 0.3) is 0 Å². The molecule has 0 bridgehead atoms. The number of hydrogen-bond acceptors (Lipinski definition) is 5. The van der Waals surface area contributed by atoms with Gasteiger partial charge in [-0.2, -0.15) is 4.31 Å². The largest absolute Gasteiger partial charge is 0.497 e. The van der Waals surface area contributed by atoms with Gasteiger partial charge in [0, 0.05) is 37.7 Å². The molecule has 0 fully saturated rings. The Balaban J connectivity index is 1.49. The van der Waals surface area contributed by atoms with E-state index >= 15 is 0 Å². The molecule has 10 heteroatoms. The summed E-state index contributed by atoms with van der Waals surface area (Å²) in [5.74, 6) is 0.299. The molecule has 0 unspecified atom stereocenters. The van der Waals surface area contributed by atoms with Gasteiger partial charge < -0.3 is 15.4 Å². The molecule has 4 rings (SSSR count). The van der Waals surface area contributed by atoms with Crippen molar-refractivity contribution in [1.29, 1.82) is 0 Å². The maximum Gasteiger partial charge on any atom is 0.243 e. The van der Waals surface area contributed by atoms with Crippen LogP contribution in [0.1, 0.15) is 16.7 Å². The van der Waals surface area contributed by atoms with Crippen LogP contribution in [0.15, 0.2) is 102 Å². The monoisotopic (exact) mass is 550 g/mol. The van der Waals surface area contributed by atoms with E-state index in [0.717, 1.165) is 11.1 Å². The number of anilines is 1. The van der Waals surface area contributed by atoms with Crippen molar-refractivity contribution < 1.29 is 17.5 Å². The van der Waals surface area contributed by atoms with Crippen molar-refractivity contribution in [1.82, 2.24) is 14.6 Å². The minimum atomic E-state index is -3.89. The number of benzene rings is 3. The highest BCUT2D eigenvalue weighted by Crippen LogP contribution is 2.24. The number of sulfonamides is 1. The lowest BCUT2D eigenvalue weighted by Gasteiger charge is -2.23. The second kappa shape index (κ2) is 12.6. The van der Waals surface area contributed by atoms with Gasteiger partial charge in [-0.15, -0.1) is 0 Å². The number of nitrogens with one attached hydrogen (secondary N) is 2. The highest BCUT2D eigenvalue weighted by atomic mass is 32.2. The predicted octanol–water partition coefficient (Wildman–Crippen LogP) is 5.11. The van der Waals surface area contributed by atoms with E-state index in [1.54, 1.807) is 55.9 Å². The predicted molar refractivity (Wildman–Crippen MR) is 150 cm³/mol. The lowest BCUT2D eigenvalue weighted by molar-refractivity contribution is 0.399. The molecule has 4 aromatic rings. The van der Waals surface area contributed by atoms with Crippen LogP contribution in [0.5, 0.6) is 5.75 Å². The number of nitrogens with zero attached hydrogens (tertiary/aromatic N) is 2. The molecule has 0 aliphatic rings. The highest BCUT2D eigenvalue weighted by molar-refractivity contribution is 7.89. The van der Waals surface area contributed by atoms with E-state index in [1.165, 1.54) is 28.6 Å².